The third kappa shape index (κ3) is 2.45. The molecule has 1 aliphatic rings. The Morgan fingerprint density at radius 3 is 2.67 bits per heavy atom. The van der Waals surface area contributed by atoms with Gasteiger partial charge in [-0.05, 0) is 12.8 Å². The number of nitrogens with zero attached hydrogens (tertiary/aromatic N) is 3. The topological polar surface area (TPSA) is 82.5 Å². The molecular weight excluding hydrogens is 304 g/mol. The molecule has 122 valence electrons. The van der Waals surface area contributed by atoms with Crippen molar-refractivity contribution in [1.82, 2.24) is 14.4 Å². The molecule has 0 amide bonds. The predicted molar refractivity (Wildman–Crippen MR) is 91.0 cm³/mol. The van der Waals surface area contributed by atoms with E-state index in [-0.39, 0.29) is 0 Å². The first-order valence-electron chi connectivity index (χ1n) is 8.03. The number of aromatic nitrogens is 3. The molecule has 0 unspecified atom stereocenters. The van der Waals surface area contributed by atoms with Crippen molar-refractivity contribution >= 4 is 17.6 Å². The Morgan fingerprint density at radius 1 is 1.21 bits per heavy atom. The first-order valence-corrected chi connectivity index (χ1v) is 8.03. The summed E-state index contributed by atoms with van der Waals surface area (Å²) in [5, 5.41) is 0. The van der Waals surface area contributed by atoms with Crippen LogP contribution in [-0.2, 0) is 4.74 Å². The molecule has 1 aliphatic heterocycles. The highest BCUT2D eigenvalue weighted by molar-refractivity contribution is 5.86. The fourth-order valence-electron chi connectivity index (χ4n) is 3.25. The van der Waals surface area contributed by atoms with Crippen molar-refractivity contribution in [3.05, 3.63) is 48.0 Å². The molecule has 1 saturated heterocycles. The van der Waals surface area contributed by atoms with Crippen LogP contribution in [-0.4, -0.2) is 33.9 Å². The number of aldehydes is 1. The lowest BCUT2D eigenvalue weighted by Crippen LogP contribution is -2.16. The van der Waals surface area contributed by atoms with Crippen LogP contribution in [0.25, 0.3) is 16.8 Å². The van der Waals surface area contributed by atoms with Gasteiger partial charge in [0.2, 0.25) is 0 Å². The van der Waals surface area contributed by atoms with Gasteiger partial charge in [0.15, 0.2) is 0 Å². The number of nitrogens with two attached hydrogens (primary N) is 1. The molecule has 0 spiro atoms. The molecule has 0 bridgehead atoms. The van der Waals surface area contributed by atoms with E-state index in [0.717, 1.165) is 54.9 Å². The van der Waals surface area contributed by atoms with Gasteiger partial charge in [0.1, 0.15) is 29.1 Å². The molecule has 0 atom stereocenters. The highest BCUT2D eigenvalue weighted by Gasteiger charge is 2.24. The van der Waals surface area contributed by atoms with E-state index < -0.39 is 0 Å². The average Bonchev–Trinajstić information content (AvgIpc) is 3.04. The summed E-state index contributed by atoms with van der Waals surface area (Å²) in [6, 6.07) is 7.36. The molecular formula is C18H18N4O2. The minimum absolute atomic E-state index is 0.344. The van der Waals surface area contributed by atoms with E-state index in [1.165, 1.54) is 0 Å². The largest absolute Gasteiger partial charge is 0.382 e. The molecule has 24 heavy (non-hydrogen) atoms. The maximum Gasteiger partial charge on any atom is 0.150 e. The molecule has 2 aromatic heterocycles. The smallest absolute Gasteiger partial charge is 0.150 e. The number of hydrogen-bond donors (Lipinski definition) is 1. The minimum Gasteiger partial charge on any atom is -0.382 e. The van der Waals surface area contributed by atoms with Crippen LogP contribution in [0.15, 0.2) is 36.7 Å². The van der Waals surface area contributed by atoms with Crippen LogP contribution in [0, 0.1) is 0 Å². The number of anilines is 1. The quantitative estimate of drug-likeness (QED) is 0.750. The van der Waals surface area contributed by atoms with Crippen LogP contribution in [0.3, 0.4) is 0 Å². The molecule has 0 aliphatic carbocycles. The van der Waals surface area contributed by atoms with Crippen molar-refractivity contribution in [3.8, 4) is 11.3 Å². The monoisotopic (exact) mass is 322 g/mol. The highest BCUT2D eigenvalue weighted by atomic mass is 16.5. The third-order valence-electron chi connectivity index (χ3n) is 4.52. The number of ether oxygens (including phenoxy) is 1. The molecule has 6 heteroatoms. The average molecular weight is 322 g/mol. The molecule has 3 aromatic rings. The van der Waals surface area contributed by atoms with Gasteiger partial charge < -0.3 is 10.5 Å². The fourth-order valence-corrected chi connectivity index (χ4v) is 3.25. The van der Waals surface area contributed by atoms with E-state index >= 15 is 0 Å². The van der Waals surface area contributed by atoms with Gasteiger partial charge in [-0.1, -0.05) is 24.3 Å². The van der Waals surface area contributed by atoms with Crippen LogP contribution < -0.4 is 5.73 Å². The summed E-state index contributed by atoms with van der Waals surface area (Å²) in [6.45, 7) is 1.51. The summed E-state index contributed by atoms with van der Waals surface area (Å²) < 4.78 is 7.51. The number of imidazole rings is 1. The summed E-state index contributed by atoms with van der Waals surface area (Å²) in [4.78, 5) is 20.0. The second-order valence-electron chi connectivity index (χ2n) is 5.98. The molecule has 6 nitrogen and oxygen atoms in total. The van der Waals surface area contributed by atoms with E-state index in [1.807, 2.05) is 22.7 Å². The van der Waals surface area contributed by atoms with Gasteiger partial charge in [0.25, 0.3) is 0 Å². The first-order chi connectivity index (χ1) is 11.8. The molecule has 0 radical (unpaired) electrons. The van der Waals surface area contributed by atoms with Gasteiger partial charge in [-0.25, -0.2) is 9.97 Å². The first kappa shape index (κ1) is 14.8. The van der Waals surface area contributed by atoms with Gasteiger partial charge >= 0.3 is 0 Å². The molecule has 3 heterocycles. The molecule has 2 N–H and O–H groups in total. The van der Waals surface area contributed by atoms with Crippen molar-refractivity contribution < 1.29 is 9.53 Å². The van der Waals surface area contributed by atoms with Gasteiger partial charge in [-0.3, -0.25) is 9.20 Å². The van der Waals surface area contributed by atoms with Crippen molar-refractivity contribution in [2.24, 2.45) is 0 Å². The second-order valence-corrected chi connectivity index (χ2v) is 5.98. The Kier molecular flexibility index (Phi) is 3.74. The van der Waals surface area contributed by atoms with Crippen molar-refractivity contribution in [2.45, 2.75) is 18.8 Å². The molecule has 4 rings (SSSR count). The Balaban J connectivity index is 1.89. The molecule has 1 aromatic carbocycles. The Morgan fingerprint density at radius 2 is 1.96 bits per heavy atom. The van der Waals surface area contributed by atoms with E-state index in [9.17, 15) is 4.79 Å². The van der Waals surface area contributed by atoms with Crippen LogP contribution in [0.2, 0.25) is 0 Å². The van der Waals surface area contributed by atoms with Crippen molar-refractivity contribution in [1.29, 1.82) is 0 Å². The Bertz CT molecular complexity index is 880. The lowest BCUT2D eigenvalue weighted by atomic mass is 9.99. The van der Waals surface area contributed by atoms with E-state index in [0.29, 0.717) is 17.3 Å². The summed E-state index contributed by atoms with van der Waals surface area (Å²) in [6.07, 6.45) is 6.34. The maximum atomic E-state index is 10.9. The zero-order valence-corrected chi connectivity index (χ0v) is 13.2. The number of carbonyl (C=O) groups is 1. The Hall–Kier alpha value is -2.73. The van der Waals surface area contributed by atoms with Crippen molar-refractivity contribution in [2.75, 3.05) is 18.9 Å². The van der Waals surface area contributed by atoms with Gasteiger partial charge in [0.05, 0.1) is 0 Å². The summed E-state index contributed by atoms with van der Waals surface area (Å²) in [7, 11) is 0. The standard InChI is InChI=1S/C18H18N4O2/c19-17-16-15(13-3-1-12(11-23)2-4-13)21-18(22(16)8-7-20-17)14-5-9-24-10-6-14/h1-4,7-8,11,14H,5-6,9-10H2,(H2,19,20). The summed E-state index contributed by atoms with van der Waals surface area (Å²) in [5.41, 5.74) is 9.33. The van der Waals surface area contributed by atoms with E-state index in [4.69, 9.17) is 15.5 Å². The van der Waals surface area contributed by atoms with E-state index in [2.05, 4.69) is 4.98 Å². The lowest BCUT2D eigenvalue weighted by Gasteiger charge is -2.20. The van der Waals surface area contributed by atoms with E-state index in [1.54, 1.807) is 18.3 Å². The van der Waals surface area contributed by atoms with Crippen LogP contribution in [0.4, 0.5) is 5.82 Å². The predicted octanol–water partition coefficient (Wildman–Crippen LogP) is 2.69. The third-order valence-corrected chi connectivity index (χ3v) is 4.52. The van der Waals surface area contributed by atoms with Crippen LogP contribution in [0.1, 0.15) is 34.9 Å². The normalized spacial score (nSPS) is 15.7. The highest BCUT2D eigenvalue weighted by Crippen LogP contribution is 2.33. The SMILES string of the molecule is Nc1nccn2c(C3CCOCC3)nc(-c3ccc(C=O)cc3)c12. The molecule has 1 fully saturated rings. The number of fused-ring (bicyclic) bond motifs is 1. The van der Waals surface area contributed by atoms with Gasteiger partial charge in [0, 0.05) is 42.7 Å². The number of benzene rings is 1. The van der Waals surface area contributed by atoms with Crippen molar-refractivity contribution in [3.63, 3.8) is 0 Å². The van der Waals surface area contributed by atoms with Gasteiger partial charge in [-0.15, -0.1) is 0 Å². The van der Waals surface area contributed by atoms with Gasteiger partial charge in [-0.2, -0.15) is 0 Å². The fraction of sp³-hybridized carbons (Fsp3) is 0.278. The number of rotatable bonds is 3. The zero-order chi connectivity index (χ0) is 16.5. The lowest BCUT2D eigenvalue weighted by molar-refractivity contribution is 0.0835. The Labute approximate surface area is 139 Å². The molecule has 0 saturated carbocycles. The minimum atomic E-state index is 0.344. The summed E-state index contributed by atoms with van der Waals surface area (Å²) >= 11 is 0. The second kappa shape index (κ2) is 6.05. The number of carbonyl (C=O) groups excluding carboxylic acids is 1. The number of hydrogen-bond acceptors (Lipinski definition) is 5. The van der Waals surface area contributed by atoms with Crippen LogP contribution in [0.5, 0.6) is 0 Å². The zero-order valence-electron chi connectivity index (χ0n) is 13.2. The van der Waals surface area contributed by atoms with Crippen LogP contribution >= 0.6 is 0 Å². The number of nitrogen functional groups attached to an aromatic ring is 1. The maximum absolute atomic E-state index is 10.9. The summed E-state index contributed by atoms with van der Waals surface area (Å²) in [5.74, 6) is 1.80.